The molecule has 5 nitrogen and oxygen atoms in total. The minimum Gasteiger partial charge on any atom is -0.318 e. The lowest BCUT2D eigenvalue weighted by molar-refractivity contribution is 0.237. The average Bonchev–Trinajstić information content (AvgIpc) is 2.85. The van der Waals surface area contributed by atoms with E-state index >= 15 is 0 Å². The van der Waals surface area contributed by atoms with E-state index in [1.54, 1.807) is 12.7 Å². The lowest BCUT2D eigenvalue weighted by Crippen LogP contribution is -2.38. The fourth-order valence-corrected chi connectivity index (χ4v) is 2.24. The van der Waals surface area contributed by atoms with E-state index in [1.807, 2.05) is 11.7 Å². The van der Waals surface area contributed by atoms with Crippen molar-refractivity contribution in [3.8, 4) is 0 Å². The number of likely N-dealkylation sites (N-methyl/N-ethyl adjacent to an activating group) is 1. The highest BCUT2D eigenvalue weighted by Crippen LogP contribution is 2.15. The smallest absolute Gasteiger partial charge is 0.137 e. The number of nitrogens with one attached hydrogen (secondary N) is 1. The summed E-state index contributed by atoms with van der Waals surface area (Å²) >= 11 is 0. The van der Waals surface area contributed by atoms with Crippen molar-refractivity contribution < 1.29 is 0 Å². The molecule has 15 heavy (non-hydrogen) atoms. The SMILES string of the molecule is CNCC1CCCN1CCn1cncn1. The first-order valence-corrected chi connectivity index (χ1v) is 5.61. The van der Waals surface area contributed by atoms with Gasteiger partial charge >= 0.3 is 0 Å². The molecule has 5 heteroatoms. The molecule has 0 spiro atoms. The van der Waals surface area contributed by atoms with Crippen LogP contribution in [0.5, 0.6) is 0 Å². The molecule has 0 radical (unpaired) electrons. The molecule has 1 aliphatic heterocycles. The largest absolute Gasteiger partial charge is 0.318 e. The fourth-order valence-electron chi connectivity index (χ4n) is 2.24. The third-order valence-corrected chi connectivity index (χ3v) is 3.02. The van der Waals surface area contributed by atoms with E-state index in [9.17, 15) is 0 Å². The summed E-state index contributed by atoms with van der Waals surface area (Å²) in [5.74, 6) is 0. The Balaban J connectivity index is 1.78. The van der Waals surface area contributed by atoms with Gasteiger partial charge in [0.15, 0.2) is 0 Å². The molecule has 1 aromatic heterocycles. The Hall–Kier alpha value is -0.940. The molecule has 84 valence electrons. The van der Waals surface area contributed by atoms with Crippen molar-refractivity contribution in [1.82, 2.24) is 25.0 Å². The Bertz CT molecular complexity index is 271. The molecule has 1 N–H and O–H groups in total. The van der Waals surface area contributed by atoms with E-state index < -0.39 is 0 Å². The normalized spacial score (nSPS) is 22.3. The fraction of sp³-hybridized carbons (Fsp3) is 0.800. The van der Waals surface area contributed by atoms with Crippen molar-refractivity contribution in [3.63, 3.8) is 0 Å². The second-order valence-corrected chi connectivity index (χ2v) is 4.05. The number of rotatable bonds is 5. The highest BCUT2D eigenvalue weighted by atomic mass is 15.3. The summed E-state index contributed by atoms with van der Waals surface area (Å²) in [4.78, 5) is 6.48. The molecule has 1 fully saturated rings. The summed E-state index contributed by atoms with van der Waals surface area (Å²) in [6.45, 7) is 4.34. The third kappa shape index (κ3) is 2.76. The average molecular weight is 209 g/mol. The van der Waals surface area contributed by atoms with E-state index in [4.69, 9.17) is 0 Å². The molecule has 1 aromatic rings. The molecule has 0 saturated carbocycles. The highest BCUT2D eigenvalue weighted by Gasteiger charge is 2.22. The van der Waals surface area contributed by atoms with Gasteiger partial charge in [-0.2, -0.15) is 5.10 Å². The van der Waals surface area contributed by atoms with Gasteiger partial charge in [-0.15, -0.1) is 0 Å². The van der Waals surface area contributed by atoms with Crippen molar-refractivity contribution in [2.24, 2.45) is 0 Å². The minimum atomic E-state index is 0.707. The van der Waals surface area contributed by atoms with Crippen LogP contribution in [-0.2, 0) is 6.54 Å². The molecule has 0 aliphatic carbocycles. The van der Waals surface area contributed by atoms with Crippen molar-refractivity contribution in [2.45, 2.75) is 25.4 Å². The Morgan fingerprint density at radius 1 is 1.47 bits per heavy atom. The lowest BCUT2D eigenvalue weighted by Gasteiger charge is -2.23. The molecule has 2 rings (SSSR count). The van der Waals surface area contributed by atoms with Gasteiger partial charge in [-0.25, -0.2) is 4.98 Å². The maximum absolute atomic E-state index is 4.11. The monoisotopic (exact) mass is 209 g/mol. The number of nitrogens with zero attached hydrogens (tertiary/aromatic N) is 4. The number of hydrogen-bond donors (Lipinski definition) is 1. The van der Waals surface area contributed by atoms with Crippen LogP contribution in [0.25, 0.3) is 0 Å². The second-order valence-electron chi connectivity index (χ2n) is 4.05. The summed E-state index contributed by atoms with van der Waals surface area (Å²) in [5, 5.41) is 7.37. The number of hydrogen-bond acceptors (Lipinski definition) is 4. The van der Waals surface area contributed by atoms with Crippen molar-refractivity contribution >= 4 is 0 Å². The molecule has 2 heterocycles. The van der Waals surface area contributed by atoms with Crippen LogP contribution in [0.3, 0.4) is 0 Å². The maximum Gasteiger partial charge on any atom is 0.137 e. The van der Waals surface area contributed by atoms with Gasteiger partial charge in [0.1, 0.15) is 12.7 Å². The van der Waals surface area contributed by atoms with Gasteiger partial charge in [-0.1, -0.05) is 0 Å². The van der Waals surface area contributed by atoms with Gasteiger partial charge in [0.2, 0.25) is 0 Å². The van der Waals surface area contributed by atoms with Crippen molar-refractivity contribution in [1.29, 1.82) is 0 Å². The third-order valence-electron chi connectivity index (χ3n) is 3.02. The first-order valence-electron chi connectivity index (χ1n) is 5.61. The first kappa shape index (κ1) is 10.6. The van der Waals surface area contributed by atoms with E-state index in [0.29, 0.717) is 6.04 Å². The first-order chi connectivity index (χ1) is 7.40. The predicted octanol–water partition coefficient (Wildman–Crippen LogP) is -0.0381. The van der Waals surface area contributed by atoms with E-state index in [-0.39, 0.29) is 0 Å². The molecule has 1 aliphatic rings. The van der Waals surface area contributed by atoms with E-state index in [0.717, 1.165) is 19.6 Å². The summed E-state index contributed by atoms with van der Waals surface area (Å²) < 4.78 is 1.90. The van der Waals surface area contributed by atoms with Crippen LogP contribution in [0.2, 0.25) is 0 Å². The van der Waals surface area contributed by atoms with Gasteiger partial charge in [0.25, 0.3) is 0 Å². The molecular formula is C10H19N5. The van der Waals surface area contributed by atoms with Crippen molar-refractivity contribution in [3.05, 3.63) is 12.7 Å². The quantitative estimate of drug-likeness (QED) is 0.739. The molecule has 0 aromatic carbocycles. The minimum absolute atomic E-state index is 0.707. The van der Waals surface area contributed by atoms with Crippen LogP contribution in [0.4, 0.5) is 0 Å². The van der Waals surface area contributed by atoms with Gasteiger partial charge in [-0.3, -0.25) is 9.58 Å². The topological polar surface area (TPSA) is 46.0 Å². The Morgan fingerprint density at radius 3 is 3.13 bits per heavy atom. The van der Waals surface area contributed by atoms with Crippen LogP contribution in [0.1, 0.15) is 12.8 Å². The van der Waals surface area contributed by atoms with E-state index in [2.05, 4.69) is 20.3 Å². The zero-order valence-corrected chi connectivity index (χ0v) is 9.26. The molecule has 1 atom stereocenters. The van der Waals surface area contributed by atoms with Crippen LogP contribution in [0.15, 0.2) is 12.7 Å². The molecule has 0 bridgehead atoms. The molecule has 0 amide bonds. The Kier molecular flexibility index (Phi) is 3.69. The second kappa shape index (κ2) is 5.23. The number of likely N-dealkylation sites (tertiary alicyclic amines) is 1. The van der Waals surface area contributed by atoms with Crippen LogP contribution in [0, 0.1) is 0 Å². The summed E-state index contributed by atoms with van der Waals surface area (Å²) in [6, 6.07) is 0.707. The highest BCUT2D eigenvalue weighted by molar-refractivity contribution is 4.80. The van der Waals surface area contributed by atoms with Crippen LogP contribution < -0.4 is 5.32 Å². The molecule has 1 saturated heterocycles. The van der Waals surface area contributed by atoms with E-state index in [1.165, 1.54) is 19.4 Å². The standard InChI is InChI=1S/C10H19N5/c1-11-7-10-3-2-4-14(10)5-6-15-9-12-8-13-15/h8-11H,2-7H2,1H3. The van der Waals surface area contributed by atoms with Gasteiger partial charge < -0.3 is 5.32 Å². The zero-order valence-electron chi connectivity index (χ0n) is 9.26. The zero-order chi connectivity index (χ0) is 10.5. The predicted molar refractivity (Wildman–Crippen MR) is 58.5 cm³/mol. The van der Waals surface area contributed by atoms with Crippen LogP contribution in [-0.4, -0.2) is 52.4 Å². The summed E-state index contributed by atoms with van der Waals surface area (Å²) in [5.41, 5.74) is 0. The summed E-state index contributed by atoms with van der Waals surface area (Å²) in [6.07, 6.45) is 6.01. The van der Waals surface area contributed by atoms with Gasteiger partial charge in [0.05, 0.1) is 6.54 Å². The van der Waals surface area contributed by atoms with Crippen molar-refractivity contribution in [2.75, 3.05) is 26.7 Å². The van der Waals surface area contributed by atoms with Gasteiger partial charge in [-0.05, 0) is 26.4 Å². The molecule has 1 unspecified atom stereocenters. The lowest BCUT2D eigenvalue weighted by atomic mass is 10.2. The summed E-state index contributed by atoms with van der Waals surface area (Å²) in [7, 11) is 2.02. The number of aromatic nitrogens is 3. The van der Waals surface area contributed by atoms with Crippen LogP contribution >= 0.6 is 0 Å². The molecular weight excluding hydrogens is 190 g/mol. The van der Waals surface area contributed by atoms with Gasteiger partial charge in [0, 0.05) is 19.1 Å². The maximum atomic E-state index is 4.11. The Labute approximate surface area is 90.5 Å². The Morgan fingerprint density at radius 2 is 2.40 bits per heavy atom.